The van der Waals surface area contributed by atoms with E-state index in [1.807, 2.05) is 12.1 Å². The predicted octanol–water partition coefficient (Wildman–Crippen LogP) is 4.16. The quantitative estimate of drug-likeness (QED) is 0.865. The zero-order valence-electron chi connectivity index (χ0n) is 13.5. The standard InChI is InChI=1S/C18H18Cl2FN3O/c19-16-6-5-15(11-17(16)20)23-7-9-24(10-8-23)18(25)22-12-13-1-3-14(21)4-2-13/h1-6,11H,7-10,12H2,(H,22,25). The van der Waals surface area contributed by atoms with Crippen LogP contribution in [-0.2, 0) is 6.54 Å². The van der Waals surface area contributed by atoms with Crippen molar-refractivity contribution in [2.75, 3.05) is 31.1 Å². The summed E-state index contributed by atoms with van der Waals surface area (Å²) in [6, 6.07) is 11.5. The van der Waals surface area contributed by atoms with Crippen LogP contribution in [0.15, 0.2) is 42.5 Å². The normalized spacial score (nSPS) is 14.5. The van der Waals surface area contributed by atoms with Gasteiger partial charge in [-0.15, -0.1) is 0 Å². The summed E-state index contributed by atoms with van der Waals surface area (Å²) < 4.78 is 12.9. The van der Waals surface area contributed by atoms with Gasteiger partial charge in [-0.1, -0.05) is 35.3 Å². The lowest BCUT2D eigenvalue weighted by molar-refractivity contribution is 0.194. The fourth-order valence-corrected chi connectivity index (χ4v) is 3.03. The van der Waals surface area contributed by atoms with Crippen molar-refractivity contribution in [2.45, 2.75) is 6.54 Å². The molecule has 4 nitrogen and oxygen atoms in total. The number of carbonyl (C=O) groups excluding carboxylic acids is 1. The Morgan fingerprint density at radius 2 is 1.68 bits per heavy atom. The van der Waals surface area contributed by atoms with Gasteiger partial charge in [0.2, 0.25) is 0 Å². The van der Waals surface area contributed by atoms with Crippen molar-refractivity contribution in [3.05, 3.63) is 63.9 Å². The molecule has 7 heteroatoms. The van der Waals surface area contributed by atoms with E-state index in [1.54, 1.807) is 23.1 Å². The molecule has 0 bridgehead atoms. The van der Waals surface area contributed by atoms with Gasteiger partial charge in [0.05, 0.1) is 10.0 Å². The first-order valence-electron chi connectivity index (χ1n) is 8.00. The van der Waals surface area contributed by atoms with Gasteiger partial charge < -0.3 is 15.1 Å². The number of urea groups is 1. The third-order valence-corrected chi connectivity index (χ3v) is 4.93. The Bertz CT molecular complexity index is 746. The molecule has 0 spiro atoms. The van der Waals surface area contributed by atoms with E-state index in [2.05, 4.69) is 10.2 Å². The largest absolute Gasteiger partial charge is 0.368 e. The maximum absolute atomic E-state index is 12.9. The van der Waals surface area contributed by atoms with Crippen molar-refractivity contribution in [1.82, 2.24) is 10.2 Å². The topological polar surface area (TPSA) is 35.6 Å². The number of anilines is 1. The Morgan fingerprint density at radius 3 is 2.32 bits per heavy atom. The lowest BCUT2D eigenvalue weighted by Crippen LogP contribution is -2.51. The lowest BCUT2D eigenvalue weighted by Gasteiger charge is -2.36. The molecule has 0 saturated carbocycles. The minimum atomic E-state index is -0.284. The number of nitrogens with one attached hydrogen (secondary N) is 1. The van der Waals surface area contributed by atoms with E-state index in [0.29, 0.717) is 29.7 Å². The van der Waals surface area contributed by atoms with Crippen LogP contribution in [0.2, 0.25) is 10.0 Å². The minimum Gasteiger partial charge on any atom is -0.368 e. The van der Waals surface area contributed by atoms with Crippen LogP contribution in [0.25, 0.3) is 0 Å². The molecular formula is C18H18Cl2FN3O. The third kappa shape index (κ3) is 4.55. The molecule has 132 valence electrons. The average molecular weight is 382 g/mol. The van der Waals surface area contributed by atoms with E-state index >= 15 is 0 Å². The van der Waals surface area contributed by atoms with Crippen molar-refractivity contribution in [3.8, 4) is 0 Å². The maximum Gasteiger partial charge on any atom is 0.317 e. The highest BCUT2D eigenvalue weighted by Gasteiger charge is 2.21. The van der Waals surface area contributed by atoms with Crippen LogP contribution in [0.1, 0.15) is 5.56 Å². The molecular weight excluding hydrogens is 364 g/mol. The molecule has 1 N–H and O–H groups in total. The summed E-state index contributed by atoms with van der Waals surface area (Å²) in [6.07, 6.45) is 0. The summed E-state index contributed by atoms with van der Waals surface area (Å²) in [5.74, 6) is -0.284. The van der Waals surface area contributed by atoms with Crippen molar-refractivity contribution in [1.29, 1.82) is 0 Å². The number of hydrogen-bond acceptors (Lipinski definition) is 2. The smallest absolute Gasteiger partial charge is 0.317 e. The van der Waals surface area contributed by atoms with Gasteiger partial charge in [-0.05, 0) is 35.9 Å². The predicted molar refractivity (Wildman–Crippen MR) is 98.9 cm³/mol. The third-order valence-electron chi connectivity index (χ3n) is 4.19. The summed E-state index contributed by atoms with van der Waals surface area (Å²) in [7, 11) is 0. The highest BCUT2D eigenvalue weighted by Crippen LogP contribution is 2.27. The minimum absolute atomic E-state index is 0.113. The molecule has 0 unspecified atom stereocenters. The van der Waals surface area contributed by atoms with Gasteiger partial charge >= 0.3 is 6.03 Å². The van der Waals surface area contributed by atoms with Crippen LogP contribution < -0.4 is 10.2 Å². The Hall–Kier alpha value is -1.98. The van der Waals surface area contributed by atoms with Crippen LogP contribution in [0.4, 0.5) is 14.9 Å². The maximum atomic E-state index is 12.9. The molecule has 1 fully saturated rings. The van der Waals surface area contributed by atoms with Gasteiger partial charge in [0.25, 0.3) is 0 Å². The van der Waals surface area contributed by atoms with Crippen LogP contribution >= 0.6 is 23.2 Å². The second kappa shape index (κ2) is 7.93. The summed E-state index contributed by atoms with van der Waals surface area (Å²) in [6.45, 7) is 3.07. The number of nitrogens with zero attached hydrogens (tertiary/aromatic N) is 2. The monoisotopic (exact) mass is 381 g/mol. The van der Waals surface area contributed by atoms with E-state index in [4.69, 9.17) is 23.2 Å². The fourth-order valence-electron chi connectivity index (χ4n) is 2.74. The van der Waals surface area contributed by atoms with Gasteiger partial charge in [-0.25, -0.2) is 9.18 Å². The molecule has 25 heavy (non-hydrogen) atoms. The zero-order chi connectivity index (χ0) is 17.8. The van der Waals surface area contributed by atoms with Gasteiger partial charge in [-0.2, -0.15) is 0 Å². The van der Waals surface area contributed by atoms with Crippen LogP contribution in [0, 0.1) is 5.82 Å². The highest BCUT2D eigenvalue weighted by atomic mass is 35.5. The Labute approximate surface area is 156 Å². The van der Waals surface area contributed by atoms with Gasteiger partial charge in [0.15, 0.2) is 0 Å². The van der Waals surface area contributed by atoms with E-state index < -0.39 is 0 Å². The number of benzene rings is 2. The molecule has 0 atom stereocenters. The Morgan fingerprint density at radius 1 is 1.00 bits per heavy atom. The first-order chi connectivity index (χ1) is 12.0. The second-order valence-corrected chi connectivity index (χ2v) is 6.67. The fraction of sp³-hybridized carbons (Fsp3) is 0.278. The van der Waals surface area contributed by atoms with Crippen molar-refractivity contribution >= 4 is 34.9 Å². The van der Waals surface area contributed by atoms with Gasteiger partial charge in [-0.3, -0.25) is 0 Å². The number of amides is 2. The number of halogens is 3. The van der Waals surface area contributed by atoms with E-state index in [0.717, 1.165) is 24.3 Å². The Balaban J connectivity index is 1.50. The number of rotatable bonds is 3. The molecule has 1 aliphatic rings. The molecule has 0 aromatic heterocycles. The first kappa shape index (κ1) is 17.8. The highest BCUT2D eigenvalue weighted by molar-refractivity contribution is 6.42. The van der Waals surface area contributed by atoms with Crippen molar-refractivity contribution in [3.63, 3.8) is 0 Å². The number of piperazine rings is 1. The summed E-state index contributed by atoms with van der Waals surface area (Å²) in [5.41, 5.74) is 1.87. The molecule has 2 aromatic carbocycles. The molecule has 3 rings (SSSR count). The molecule has 0 radical (unpaired) electrons. The SMILES string of the molecule is O=C(NCc1ccc(F)cc1)N1CCN(c2ccc(Cl)c(Cl)c2)CC1. The molecule has 2 amide bonds. The van der Waals surface area contributed by atoms with Crippen LogP contribution in [0.3, 0.4) is 0 Å². The molecule has 1 saturated heterocycles. The summed E-state index contributed by atoms with van der Waals surface area (Å²) >= 11 is 12.0. The lowest BCUT2D eigenvalue weighted by atomic mass is 10.2. The summed E-state index contributed by atoms with van der Waals surface area (Å²) in [5, 5.41) is 3.92. The van der Waals surface area contributed by atoms with E-state index in [9.17, 15) is 9.18 Å². The zero-order valence-corrected chi connectivity index (χ0v) is 15.0. The van der Waals surface area contributed by atoms with Crippen molar-refractivity contribution in [2.24, 2.45) is 0 Å². The average Bonchev–Trinajstić information content (AvgIpc) is 2.63. The van der Waals surface area contributed by atoms with Crippen molar-refractivity contribution < 1.29 is 9.18 Å². The second-order valence-electron chi connectivity index (χ2n) is 5.86. The first-order valence-corrected chi connectivity index (χ1v) is 8.76. The molecule has 2 aromatic rings. The van der Waals surface area contributed by atoms with E-state index in [-0.39, 0.29) is 11.8 Å². The van der Waals surface area contributed by atoms with Gasteiger partial charge in [0.1, 0.15) is 5.82 Å². The number of hydrogen-bond donors (Lipinski definition) is 1. The van der Waals surface area contributed by atoms with Gasteiger partial charge in [0, 0.05) is 38.4 Å². The van der Waals surface area contributed by atoms with E-state index in [1.165, 1.54) is 12.1 Å². The molecule has 1 aliphatic heterocycles. The van der Waals surface area contributed by atoms with Crippen LogP contribution in [0.5, 0.6) is 0 Å². The summed E-state index contributed by atoms with van der Waals surface area (Å²) in [4.78, 5) is 16.2. The molecule has 1 heterocycles. The Kier molecular flexibility index (Phi) is 5.66. The number of carbonyl (C=O) groups is 1. The van der Waals surface area contributed by atoms with Crippen LogP contribution in [-0.4, -0.2) is 37.1 Å². The molecule has 0 aliphatic carbocycles.